The second-order valence-electron chi connectivity index (χ2n) is 14.6. The first-order valence-electron chi connectivity index (χ1n) is 21.4. The van der Waals surface area contributed by atoms with Crippen LogP contribution in [0.1, 0.15) is 213 Å². The minimum atomic E-state index is -4.48. The van der Waals surface area contributed by atoms with Gasteiger partial charge in [0.1, 0.15) is 6.61 Å². The summed E-state index contributed by atoms with van der Waals surface area (Å²) in [5, 5.41) is 2.46. The Labute approximate surface area is 318 Å². The van der Waals surface area contributed by atoms with Crippen molar-refractivity contribution in [3.05, 3.63) is 0 Å². The Morgan fingerprint density at radius 3 is 1.29 bits per heavy atom. The molecule has 308 valence electrons. The number of esters is 2. The highest BCUT2D eigenvalue weighted by atomic mass is 31.2. The highest BCUT2D eigenvalue weighted by Crippen LogP contribution is 2.43. The zero-order valence-corrected chi connectivity index (χ0v) is 34.7. The fourth-order valence-corrected chi connectivity index (χ4v) is 6.90. The summed E-state index contributed by atoms with van der Waals surface area (Å²) in [4.78, 5) is 46.1. The molecule has 0 spiro atoms. The first kappa shape index (κ1) is 50.5. The number of nitrogens with one attached hydrogen (secondary N) is 1. The van der Waals surface area contributed by atoms with Gasteiger partial charge in [-0.05, 0) is 12.8 Å². The number of phosphoric acid groups is 1. The number of amides is 1. The SMILES string of the molecule is CCCCCCCCCCCCCCCCC(=O)OC[C@H](COP(=O)(O)OCCNC(C)=O)OC(=O)CCCCCCCCCCCCCCCC. The molecule has 0 bridgehead atoms. The molecule has 52 heavy (non-hydrogen) atoms. The van der Waals surface area contributed by atoms with Crippen LogP contribution in [0.3, 0.4) is 0 Å². The second kappa shape index (κ2) is 37.8. The lowest BCUT2D eigenvalue weighted by Crippen LogP contribution is -2.30. The Hall–Kier alpha value is -1.48. The van der Waals surface area contributed by atoms with Crippen molar-refractivity contribution < 1.29 is 42.4 Å². The van der Waals surface area contributed by atoms with Crippen LogP contribution in [0.2, 0.25) is 0 Å². The fraction of sp³-hybridized carbons (Fsp3) is 0.927. The largest absolute Gasteiger partial charge is 0.472 e. The second-order valence-corrected chi connectivity index (χ2v) is 16.0. The lowest BCUT2D eigenvalue weighted by molar-refractivity contribution is -0.161. The molecule has 0 saturated heterocycles. The highest BCUT2D eigenvalue weighted by molar-refractivity contribution is 7.47. The topological polar surface area (TPSA) is 137 Å². The number of ether oxygens (including phenoxy) is 2. The minimum Gasteiger partial charge on any atom is -0.462 e. The molecule has 0 aliphatic carbocycles. The van der Waals surface area contributed by atoms with Gasteiger partial charge in [-0.2, -0.15) is 0 Å². The number of hydrogen-bond acceptors (Lipinski definition) is 8. The van der Waals surface area contributed by atoms with Crippen LogP contribution in [0.15, 0.2) is 0 Å². The molecule has 1 amide bonds. The maximum atomic E-state index is 12.6. The molecular formula is C41H80NO9P. The van der Waals surface area contributed by atoms with Crippen LogP contribution >= 0.6 is 7.82 Å². The molecule has 0 heterocycles. The third-order valence-electron chi connectivity index (χ3n) is 9.35. The van der Waals surface area contributed by atoms with E-state index >= 15 is 0 Å². The molecule has 0 aromatic rings. The third-order valence-corrected chi connectivity index (χ3v) is 10.3. The number of rotatable bonds is 40. The van der Waals surface area contributed by atoms with E-state index in [2.05, 4.69) is 19.2 Å². The Morgan fingerprint density at radius 2 is 0.904 bits per heavy atom. The minimum absolute atomic E-state index is 0.0394. The number of carbonyl (C=O) groups is 3. The quantitative estimate of drug-likeness (QED) is 0.0355. The molecule has 2 N–H and O–H groups in total. The van der Waals surface area contributed by atoms with Gasteiger partial charge in [-0.1, -0.05) is 181 Å². The highest BCUT2D eigenvalue weighted by Gasteiger charge is 2.26. The average Bonchev–Trinajstić information content (AvgIpc) is 3.11. The molecule has 0 aromatic heterocycles. The summed E-state index contributed by atoms with van der Waals surface area (Å²) in [5.41, 5.74) is 0. The van der Waals surface area contributed by atoms with Crippen molar-refractivity contribution in [2.75, 3.05) is 26.4 Å². The van der Waals surface area contributed by atoms with Crippen molar-refractivity contribution in [3.63, 3.8) is 0 Å². The Balaban J connectivity index is 4.31. The molecule has 0 aliphatic heterocycles. The van der Waals surface area contributed by atoms with E-state index in [0.717, 1.165) is 38.5 Å². The number of hydrogen-bond donors (Lipinski definition) is 2. The molecule has 2 atom stereocenters. The van der Waals surface area contributed by atoms with E-state index in [1.165, 1.54) is 142 Å². The van der Waals surface area contributed by atoms with Gasteiger partial charge in [-0.15, -0.1) is 0 Å². The van der Waals surface area contributed by atoms with Gasteiger partial charge in [0.05, 0.1) is 13.2 Å². The van der Waals surface area contributed by atoms with Crippen LogP contribution in [0.4, 0.5) is 0 Å². The Morgan fingerprint density at radius 1 is 0.538 bits per heavy atom. The smallest absolute Gasteiger partial charge is 0.462 e. The zero-order chi connectivity index (χ0) is 38.4. The molecule has 1 unspecified atom stereocenters. The van der Waals surface area contributed by atoms with E-state index in [1.807, 2.05) is 0 Å². The van der Waals surface area contributed by atoms with E-state index in [1.54, 1.807) is 0 Å². The molecular weight excluding hydrogens is 681 g/mol. The van der Waals surface area contributed by atoms with Crippen LogP contribution in [-0.2, 0) is 37.5 Å². The normalized spacial score (nSPS) is 13.1. The monoisotopic (exact) mass is 762 g/mol. The number of phosphoric ester groups is 1. The van der Waals surface area contributed by atoms with Gasteiger partial charge in [0, 0.05) is 26.3 Å². The summed E-state index contributed by atoms with van der Waals surface area (Å²) in [7, 11) is -4.48. The summed E-state index contributed by atoms with van der Waals surface area (Å²) in [6, 6.07) is 0. The molecule has 10 nitrogen and oxygen atoms in total. The molecule has 0 aromatic carbocycles. The van der Waals surface area contributed by atoms with E-state index in [-0.39, 0.29) is 38.5 Å². The van der Waals surface area contributed by atoms with Gasteiger partial charge in [-0.25, -0.2) is 4.57 Å². The van der Waals surface area contributed by atoms with Gasteiger partial charge < -0.3 is 19.7 Å². The fourth-order valence-electron chi connectivity index (χ4n) is 6.15. The molecule has 11 heteroatoms. The van der Waals surface area contributed by atoms with E-state index in [0.29, 0.717) is 6.42 Å². The maximum absolute atomic E-state index is 12.6. The summed E-state index contributed by atoms with van der Waals surface area (Å²) < 4.78 is 33.1. The lowest BCUT2D eigenvalue weighted by atomic mass is 10.0. The molecule has 0 saturated carbocycles. The van der Waals surface area contributed by atoms with Crippen LogP contribution in [0.25, 0.3) is 0 Å². The number of carbonyl (C=O) groups excluding carboxylic acids is 3. The first-order valence-corrected chi connectivity index (χ1v) is 22.9. The van der Waals surface area contributed by atoms with Gasteiger partial charge in [0.25, 0.3) is 0 Å². The zero-order valence-electron chi connectivity index (χ0n) is 33.8. The Kier molecular flexibility index (Phi) is 36.7. The van der Waals surface area contributed by atoms with Crippen molar-refractivity contribution in [1.29, 1.82) is 0 Å². The molecule has 0 rings (SSSR count). The standard InChI is InChI=1S/C41H80NO9P/c1-4-6-8-10-12-14-16-18-20-22-24-26-28-30-32-40(44)48-36-39(37-50-52(46,47)49-35-34-42-38(3)43)51-41(45)33-31-29-27-25-23-21-19-17-15-13-11-9-7-5-2/h39H,4-37H2,1-3H3,(H,42,43)(H,46,47)/t39-/m1/s1. The lowest BCUT2D eigenvalue weighted by Gasteiger charge is -2.20. The van der Waals surface area contributed by atoms with Crippen LogP contribution in [0, 0.1) is 0 Å². The van der Waals surface area contributed by atoms with Crippen LogP contribution in [-0.4, -0.2) is 55.2 Å². The van der Waals surface area contributed by atoms with Crippen molar-refractivity contribution >= 4 is 25.7 Å². The van der Waals surface area contributed by atoms with Crippen molar-refractivity contribution in [3.8, 4) is 0 Å². The van der Waals surface area contributed by atoms with Gasteiger partial charge >= 0.3 is 19.8 Å². The first-order chi connectivity index (χ1) is 25.2. The molecule has 0 radical (unpaired) electrons. The summed E-state index contributed by atoms with van der Waals surface area (Å²) in [5.74, 6) is -1.15. The summed E-state index contributed by atoms with van der Waals surface area (Å²) in [6.07, 6.45) is 33.7. The number of unbranched alkanes of at least 4 members (excludes halogenated alkanes) is 26. The third kappa shape index (κ3) is 38.3. The van der Waals surface area contributed by atoms with Crippen LogP contribution < -0.4 is 5.32 Å². The predicted molar refractivity (Wildman–Crippen MR) is 211 cm³/mol. The predicted octanol–water partition coefficient (Wildman–Crippen LogP) is 11.5. The van der Waals surface area contributed by atoms with Gasteiger partial charge in [0.2, 0.25) is 5.91 Å². The van der Waals surface area contributed by atoms with Crippen molar-refractivity contribution in [1.82, 2.24) is 5.32 Å². The maximum Gasteiger partial charge on any atom is 0.472 e. The van der Waals surface area contributed by atoms with Crippen molar-refractivity contribution in [2.45, 2.75) is 219 Å². The van der Waals surface area contributed by atoms with E-state index in [9.17, 15) is 23.8 Å². The average molecular weight is 762 g/mol. The van der Waals surface area contributed by atoms with Crippen molar-refractivity contribution in [2.24, 2.45) is 0 Å². The van der Waals surface area contributed by atoms with E-state index in [4.69, 9.17) is 18.5 Å². The Bertz CT molecular complexity index is 888. The molecule has 0 aliphatic rings. The summed E-state index contributed by atoms with van der Waals surface area (Å²) in [6.45, 7) is 4.90. The van der Waals surface area contributed by atoms with Gasteiger partial charge in [-0.3, -0.25) is 23.4 Å². The van der Waals surface area contributed by atoms with Crippen LogP contribution in [0.5, 0.6) is 0 Å². The molecule has 0 fully saturated rings. The van der Waals surface area contributed by atoms with Gasteiger partial charge in [0.15, 0.2) is 6.10 Å². The summed E-state index contributed by atoms with van der Waals surface area (Å²) >= 11 is 0. The van der Waals surface area contributed by atoms with E-state index < -0.39 is 32.5 Å².